The molecule has 6 heteroatoms. The Labute approximate surface area is 133 Å². The van der Waals surface area contributed by atoms with E-state index in [2.05, 4.69) is 30.3 Å². The van der Waals surface area contributed by atoms with Crippen LogP contribution in [0, 0.1) is 0 Å². The first kappa shape index (κ1) is 15.8. The monoisotopic (exact) mass is 331 g/mol. The van der Waals surface area contributed by atoms with Crippen molar-refractivity contribution in [2.75, 3.05) is 7.05 Å². The Hall–Kier alpha value is -0.550. The predicted molar refractivity (Wildman–Crippen MR) is 87.1 cm³/mol. The van der Waals surface area contributed by atoms with E-state index < -0.39 is 0 Å². The van der Waals surface area contributed by atoms with Crippen molar-refractivity contribution in [1.29, 1.82) is 0 Å². The van der Waals surface area contributed by atoms with Gasteiger partial charge in [-0.05, 0) is 32.5 Å². The summed E-state index contributed by atoms with van der Waals surface area (Å²) in [7, 11) is 1.96. The molecule has 110 valence electrons. The van der Waals surface area contributed by atoms with Crippen LogP contribution in [-0.4, -0.2) is 16.8 Å². The first-order valence-corrected chi connectivity index (χ1v) is 8.34. The van der Waals surface area contributed by atoms with E-state index in [1.54, 1.807) is 11.3 Å². The smallest absolute Gasteiger partial charge is 0.0931 e. The van der Waals surface area contributed by atoms with Crippen molar-refractivity contribution in [2.24, 2.45) is 0 Å². The van der Waals surface area contributed by atoms with Gasteiger partial charge in [-0.15, -0.1) is 11.3 Å². The zero-order valence-electron chi connectivity index (χ0n) is 11.9. The van der Waals surface area contributed by atoms with Crippen LogP contribution in [0.15, 0.2) is 12.1 Å². The summed E-state index contributed by atoms with van der Waals surface area (Å²) in [5.41, 5.74) is 2.07. The van der Waals surface area contributed by atoms with Crippen molar-refractivity contribution in [3.8, 4) is 0 Å². The Morgan fingerprint density at radius 1 is 1.35 bits per heavy atom. The number of rotatable bonds is 6. The van der Waals surface area contributed by atoms with Crippen LogP contribution in [0.3, 0.4) is 0 Å². The van der Waals surface area contributed by atoms with Gasteiger partial charge in [-0.1, -0.05) is 30.1 Å². The summed E-state index contributed by atoms with van der Waals surface area (Å²) in [6.45, 7) is 4.99. The summed E-state index contributed by atoms with van der Waals surface area (Å²) < 4.78 is 2.81. The van der Waals surface area contributed by atoms with Crippen molar-refractivity contribution < 1.29 is 0 Å². The van der Waals surface area contributed by atoms with Gasteiger partial charge in [-0.25, -0.2) is 0 Å². The highest BCUT2D eigenvalue weighted by molar-refractivity contribution is 7.16. The van der Waals surface area contributed by atoms with Crippen LogP contribution < -0.4 is 5.32 Å². The fourth-order valence-corrected chi connectivity index (χ4v) is 3.78. The van der Waals surface area contributed by atoms with Crippen LogP contribution in [0.25, 0.3) is 0 Å². The highest BCUT2D eigenvalue weighted by atomic mass is 35.5. The van der Waals surface area contributed by atoms with Gasteiger partial charge in [0.05, 0.1) is 20.7 Å². The van der Waals surface area contributed by atoms with Gasteiger partial charge in [-0.2, -0.15) is 5.10 Å². The number of aromatic nitrogens is 2. The number of hydrogen-bond donors (Lipinski definition) is 1. The summed E-state index contributed by atoms with van der Waals surface area (Å²) >= 11 is 14.1. The normalized spacial score (nSPS) is 12.8. The van der Waals surface area contributed by atoms with Gasteiger partial charge < -0.3 is 5.32 Å². The van der Waals surface area contributed by atoms with Gasteiger partial charge in [0.25, 0.3) is 0 Å². The van der Waals surface area contributed by atoms with E-state index >= 15 is 0 Å². The Kier molecular flexibility index (Phi) is 5.49. The third-order valence-corrected chi connectivity index (χ3v) is 5.16. The minimum absolute atomic E-state index is 0.205. The molecule has 1 unspecified atom stereocenters. The maximum atomic E-state index is 6.47. The van der Waals surface area contributed by atoms with Crippen molar-refractivity contribution in [1.82, 2.24) is 15.1 Å². The molecular formula is C14H19Cl2N3S. The second-order valence-electron chi connectivity index (χ2n) is 4.56. The SMILES string of the molecule is CCc1nn(CC)c(CC(NC)c2ccc(Cl)s2)c1Cl. The summed E-state index contributed by atoms with van der Waals surface area (Å²) in [5.74, 6) is 0. The summed E-state index contributed by atoms with van der Waals surface area (Å²) in [4.78, 5) is 1.22. The van der Waals surface area contributed by atoms with Gasteiger partial charge in [0.15, 0.2) is 0 Å². The lowest BCUT2D eigenvalue weighted by atomic mass is 10.1. The topological polar surface area (TPSA) is 29.9 Å². The van der Waals surface area contributed by atoms with Crippen molar-refractivity contribution in [2.45, 2.75) is 39.3 Å². The molecule has 0 aliphatic heterocycles. The molecule has 0 saturated heterocycles. The summed E-state index contributed by atoms with van der Waals surface area (Å²) in [6.07, 6.45) is 1.67. The largest absolute Gasteiger partial charge is 0.312 e. The van der Waals surface area contributed by atoms with Gasteiger partial charge in [0, 0.05) is 23.9 Å². The molecule has 1 N–H and O–H groups in total. The van der Waals surface area contributed by atoms with Crippen molar-refractivity contribution >= 4 is 34.5 Å². The lowest BCUT2D eigenvalue weighted by Crippen LogP contribution is -2.19. The molecule has 0 fully saturated rings. The minimum Gasteiger partial charge on any atom is -0.312 e. The highest BCUT2D eigenvalue weighted by Crippen LogP contribution is 2.31. The van der Waals surface area contributed by atoms with Crippen LogP contribution in [0.4, 0.5) is 0 Å². The minimum atomic E-state index is 0.205. The number of nitrogens with one attached hydrogen (secondary N) is 1. The lowest BCUT2D eigenvalue weighted by molar-refractivity contribution is 0.546. The first-order valence-electron chi connectivity index (χ1n) is 6.77. The van der Waals surface area contributed by atoms with Gasteiger partial charge in [-0.3, -0.25) is 4.68 Å². The number of likely N-dealkylation sites (N-methyl/N-ethyl adjacent to an activating group) is 1. The molecule has 0 aromatic carbocycles. The molecule has 2 rings (SSSR count). The van der Waals surface area contributed by atoms with E-state index in [1.807, 2.05) is 17.8 Å². The van der Waals surface area contributed by atoms with Gasteiger partial charge in [0.1, 0.15) is 0 Å². The van der Waals surface area contributed by atoms with Crippen LogP contribution in [0.2, 0.25) is 9.36 Å². The quantitative estimate of drug-likeness (QED) is 0.853. The number of aryl methyl sites for hydroxylation is 2. The summed E-state index contributed by atoms with van der Waals surface area (Å²) in [6, 6.07) is 4.20. The molecule has 0 aliphatic rings. The molecule has 0 bridgehead atoms. The molecular weight excluding hydrogens is 313 g/mol. The Bertz CT molecular complexity index is 577. The molecule has 3 nitrogen and oxygen atoms in total. The number of halogens is 2. The molecule has 1 atom stereocenters. The van der Waals surface area contributed by atoms with E-state index in [0.717, 1.165) is 40.1 Å². The maximum Gasteiger partial charge on any atom is 0.0931 e. The van der Waals surface area contributed by atoms with Crippen LogP contribution >= 0.6 is 34.5 Å². The standard InChI is InChI=1S/C14H19Cl2N3S/c1-4-9-14(16)11(19(5-2)18-9)8-10(17-3)12-6-7-13(15)20-12/h6-7,10,17H,4-5,8H2,1-3H3. The molecule has 0 spiro atoms. The zero-order valence-corrected chi connectivity index (χ0v) is 14.2. The molecule has 0 saturated carbocycles. The van der Waals surface area contributed by atoms with Gasteiger partial charge in [0.2, 0.25) is 0 Å². The van der Waals surface area contributed by atoms with Crippen LogP contribution in [-0.2, 0) is 19.4 Å². The fraction of sp³-hybridized carbons (Fsp3) is 0.500. The van der Waals surface area contributed by atoms with Crippen LogP contribution in [0.5, 0.6) is 0 Å². The molecule has 2 aromatic rings. The Balaban J connectivity index is 2.29. The zero-order chi connectivity index (χ0) is 14.7. The maximum absolute atomic E-state index is 6.47. The predicted octanol–water partition coefficient (Wildman–Crippen LogP) is 4.34. The molecule has 20 heavy (non-hydrogen) atoms. The highest BCUT2D eigenvalue weighted by Gasteiger charge is 2.20. The molecule has 0 aliphatic carbocycles. The van der Waals surface area contributed by atoms with E-state index in [0.29, 0.717) is 0 Å². The number of hydrogen-bond acceptors (Lipinski definition) is 3. The number of nitrogens with zero attached hydrogens (tertiary/aromatic N) is 2. The number of thiophene rings is 1. The lowest BCUT2D eigenvalue weighted by Gasteiger charge is -2.15. The van der Waals surface area contributed by atoms with E-state index in [-0.39, 0.29) is 6.04 Å². The first-order chi connectivity index (χ1) is 9.60. The fourth-order valence-electron chi connectivity index (χ4n) is 2.27. The second kappa shape index (κ2) is 6.94. The van der Waals surface area contributed by atoms with Crippen LogP contribution in [0.1, 0.15) is 36.2 Å². The molecule has 0 radical (unpaired) electrons. The summed E-state index contributed by atoms with van der Waals surface area (Å²) in [5, 5.41) is 8.71. The van der Waals surface area contributed by atoms with E-state index in [1.165, 1.54) is 4.88 Å². The Morgan fingerprint density at radius 2 is 2.10 bits per heavy atom. The molecule has 2 aromatic heterocycles. The third-order valence-electron chi connectivity index (χ3n) is 3.38. The van der Waals surface area contributed by atoms with E-state index in [4.69, 9.17) is 23.2 Å². The average Bonchev–Trinajstić information content (AvgIpc) is 3.00. The molecule has 2 heterocycles. The van der Waals surface area contributed by atoms with Gasteiger partial charge >= 0.3 is 0 Å². The van der Waals surface area contributed by atoms with E-state index in [9.17, 15) is 0 Å². The average molecular weight is 332 g/mol. The Morgan fingerprint density at radius 3 is 2.60 bits per heavy atom. The van der Waals surface area contributed by atoms with Crippen molar-refractivity contribution in [3.05, 3.63) is 37.8 Å². The molecule has 0 amide bonds. The second-order valence-corrected chi connectivity index (χ2v) is 6.69. The van der Waals surface area contributed by atoms with Crippen molar-refractivity contribution in [3.63, 3.8) is 0 Å². The third kappa shape index (κ3) is 3.19.